The Morgan fingerprint density at radius 1 is 1.31 bits per heavy atom. The zero-order valence-corrected chi connectivity index (χ0v) is 10.3. The molecule has 0 aliphatic carbocycles. The van der Waals surface area contributed by atoms with Crippen molar-refractivity contribution in [1.29, 1.82) is 0 Å². The summed E-state index contributed by atoms with van der Waals surface area (Å²) in [4.78, 5) is 2.52. The Kier molecular flexibility index (Phi) is 3.97. The average Bonchev–Trinajstić information content (AvgIpc) is 2.30. The second-order valence-electron chi connectivity index (χ2n) is 4.70. The average molecular weight is 219 g/mol. The minimum absolute atomic E-state index is 0.480. The van der Waals surface area contributed by atoms with E-state index in [0.717, 1.165) is 19.6 Å². The van der Waals surface area contributed by atoms with Crippen LogP contribution in [0.3, 0.4) is 0 Å². The van der Waals surface area contributed by atoms with Gasteiger partial charge in [0, 0.05) is 26.7 Å². The maximum atomic E-state index is 5.38. The Balaban J connectivity index is 1.87. The normalized spacial score (nSPS) is 18.9. The van der Waals surface area contributed by atoms with Crippen molar-refractivity contribution in [1.82, 2.24) is 4.90 Å². The molecule has 0 atom stereocenters. The largest absolute Gasteiger partial charge is 0.381 e. The van der Waals surface area contributed by atoms with Gasteiger partial charge in [0.15, 0.2) is 0 Å². The lowest BCUT2D eigenvalue weighted by molar-refractivity contribution is 0.0388. The van der Waals surface area contributed by atoms with Crippen molar-refractivity contribution >= 4 is 0 Å². The number of hydrogen-bond acceptors (Lipinski definition) is 2. The number of likely N-dealkylation sites (tertiary alicyclic amines) is 1. The lowest BCUT2D eigenvalue weighted by Crippen LogP contribution is -2.36. The number of rotatable bonds is 3. The predicted octanol–water partition coefficient (Wildman–Crippen LogP) is 2.61. The van der Waals surface area contributed by atoms with Crippen LogP contribution in [0.25, 0.3) is 0 Å². The highest BCUT2D eigenvalue weighted by Gasteiger charge is 2.18. The topological polar surface area (TPSA) is 12.5 Å². The number of benzene rings is 1. The van der Waals surface area contributed by atoms with E-state index in [9.17, 15) is 0 Å². The molecule has 0 radical (unpaired) electrons. The maximum Gasteiger partial charge on any atom is 0.0595 e. The molecule has 1 aliphatic rings. The first-order chi connectivity index (χ1) is 7.78. The summed E-state index contributed by atoms with van der Waals surface area (Å²) in [6, 6.07) is 8.80. The predicted molar refractivity (Wildman–Crippen MR) is 66.5 cm³/mol. The Morgan fingerprint density at radius 3 is 2.69 bits per heavy atom. The van der Waals surface area contributed by atoms with E-state index < -0.39 is 0 Å². The van der Waals surface area contributed by atoms with Gasteiger partial charge in [0.1, 0.15) is 0 Å². The van der Waals surface area contributed by atoms with E-state index in [1.54, 1.807) is 0 Å². The minimum Gasteiger partial charge on any atom is -0.381 e. The Labute approximate surface area is 98.2 Å². The molecule has 0 bridgehead atoms. The highest BCUT2D eigenvalue weighted by molar-refractivity contribution is 5.22. The number of piperidine rings is 1. The third-order valence-electron chi connectivity index (χ3n) is 3.36. The van der Waals surface area contributed by atoms with Crippen LogP contribution in [-0.4, -0.2) is 31.2 Å². The van der Waals surface area contributed by atoms with Crippen LogP contribution >= 0.6 is 0 Å². The number of aryl methyl sites for hydroxylation is 1. The number of hydrogen-bond donors (Lipinski definition) is 0. The standard InChI is InChI=1S/C14H21NO/c1-12-4-3-5-13(10-12)11-15-8-6-14(16-2)7-9-15/h3-5,10,14H,6-9,11H2,1-2H3. The fraction of sp³-hybridized carbons (Fsp3) is 0.571. The van der Waals surface area contributed by atoms with E-state index in [0.29, 0.717) is 6.10 Å². The zero-order chi connectivity index (χ0) is 11.4. The Bertz CT molecular complexity index is 329. The summed E-state index contributed by atoms with van der Waals surface area (Å²) < 4.78 is 5.38. The molecule has 88 valence electrons. The molecule has 16 heavy (non-hydrogen) atoms. The second kappa shape index (κ2) is 5.46. The molecule has 1 heterocycles. The lowest BCUT2D eigenvalue weighted by Gasteiger charge is -2.31. The molecule has 1 aromatic rings. The van der Waals surface area contributed by atoms with Gasteiger partial charge in [0.25, 0.3) is 0 Å². The summed E-state index contributed by atoms with van der Waals surface area (Å²) in [6.45, 7) is 5.55. The molecular formula is C14H21NO. The first kappa shape index (κ1) is 11.6. The molecule has 0 amide bonds. The molecule has 0 spiro atoms. The van der Waals surface area contributed by atoms with E-state index in [1.807, 2.05) is 7.11 Å². The molecule has 2 nitrogen and oxygen atoms in total. The monoisotopic (exact) mass is 219 g/mol. The number of methoxy groups -OCH3 is 1. The molecule has 1 aliphatic heterocycles. The summed E-state index contributed by atoms with van der Waals surface area (Å²) in [5.41, 5.74) is 2.78. The van der Waals surface area contributed by atoms with Gasteiger partial charge in [-0.15, -0.1) is 0 Å². The van der Waals surface area contributed by atoms with Crippen molar-refractivity contribution in [3.63, 3.8) is 0 Å². The molecule has 1 aromatic carbocycles. The summed E-state index contributed by atoms with van der Waals surface area (Å²) in [5, 5.41) is 0. The number of ether oxygens (including phenoxy) is 1. The lowest BCUT2D eigenvalue weighted by atomic mass is 10.1. The Morgan fingerprint density at radius 2 is 2.06 bits per heavy atom. The molecule has 0 aromatic heterocycles. The van der Waals surface area contributed by atoms with Gasteiger partial charge in [-0.1, -0.05) is 29.8 Å². The van der Waals surface area contributed by atoms with E-state index in [1.165, 1.54) is 24.0 Å². The highest BCUT2D eigenvalue weighted by Crippen LogP contribution is 2.16. The van der Waals surface area contributed by atoms with Gasteiger partial charge in [-0.25, -0.2) is 0 Å². The van der Waals surface area contributed by atoms with Gasteiger partial charge in [-0.2, -0.15) is 0 Å². The van der Waals surface area contributed by atoms with Crippen LogP contribution in [-0.2, 0) is 11.3 Å². The van der Waals surface area contributed by atoms with E-state index in [2.05, 4.69) is 36.1 Å². The van der Waals surface area contributed by atoms with E-state index in [-0.39, 0.29) is 0 Å². The van der Waals surface area contributed by atoms with Crippen molar-refractivity contribution in [2.45, 2.75) is 32.4 Å². The van der Waals surface area contributed by atoms with Gasteiger partial charge in [0.05, 0.1) is 6.10 Å². The van der Waals surface area contributed by atoms with Crippen molar-refractivity contribution in [3.8, 4) is 0 Å². The molecule has 2 heteroatoms. The molecule has 0 saturated carbocycles. The van der Waals surface area contributed by atoms with Crippen LogP contribution in [0.1, 0.15) is 24.0 Å². The smallest absolute Gasteiger partial charge is 0.0595 e. The summed E-state index contributed by atoms with van der Waals surface area (Å²) >= 11 is 0. The van der Waals surface area contributed by atoms with Gasteiger partial charge < -0.3 is 4.74 Å². The van der Waals surface area contributed by atoms with Gasteiger partial charge >= 0.3 is 0 Å². The zero-order valence-electron chi connectivity index (χ0n) is 10.3. The Hall–Kier alpha value is -0.860. The summed E-state index contributed by atoms with van der Waals surface area (Å²) in [7, 11) is 1.82. The molecule has 1 fully saturated rings. The highest BCUT2D eigenvalue weighted by atomic mass is 16.5. The first-order valence-corrected chi connectivity index (χ1v) is 6.08. The SMILES string of the molecule is COC1CCN(Cc2cccc(C)c2)CC1. The van der Waals surface area contributed by atoms with Crippen LogP contribution in [0.5, 0.6) is 0 Å². The third-order valence-corrected chi connectivity index (χ3v) is 3.36. The second-order valence-corrected chi connectivity index (χ2v) is 4.70. The fourth-order valence-electron chi connectivity index (χ4n) is 2.37. The van der Waals surface area contributed by atoms with Crippen molar-refractivity contribution in [2.75, 3.05) is 20.2 Å². The van der Waals surface area contributed by atoms with Crippen molar-refractivity contribution in [2.24, 2.45) is 0 Å². The van der Waals surface area contributed by atoms with E-state index >= 15 is 0 Å². The molecule has 0 N–H and O–H groups in total. The van der Waals surface area contributed by atoms with Crippen LogP contribution in [0.15, 0.2) is 24.3 Å². The third kappa shape index (κ3) is 3.06. The van der Waals surface area contributed by atoms with Crippen LogP contribution in [0.2, 0.25) is 0 Å². The van der Waals surface area contributed by atoms with Crippen LogP contribution in [0.4, 0.5) is 0 Å². The summed E-state index contributed by atoms with van der Waals surface area (Å²) in [6.07, 6.45) is 2.82. The minimum atomic E-state index is 0.480. The van der Waals surface area contributed by atoms with Gasteiger partial charge in [-0.05, 0) is 25.3 Å². The quantitative estimate of drug-likeness (QED) is 0.775. The van der Waals surface area contributed by atoms with Gasteiger partial charge in [0.2, 0.25) is 0 Å². The van der Waals surface area contributed by atoms with Crippen LogP contribution in [0, 0.1) is 6.92 Å². The maximum absolute atomic E-state index is 5.38. The van der Waals surface area contributed by atoms with Crippen molar-refractivity contribution in [3.05, 3.63) is 35.4 Å². The fourth-order valence-corrected chi connectivity index (χ4v) is 2.37. The summed E-state index contributed by atoms with van der Waals surface area (Å²) in [5.74, 6) is 0. The van der Waals surface area contributed by atoms with Gasteiger partial charge in [-0.3, -0.25) is 4.90 Å². The molecule has 2 rings (SSSR count). The van der Waals surface area contributed by atoms with E-state index in [4.69, 9.17) is 4.74 Å². The molecule has 0 unspecified atom stereocenters. The van der Waals surface area contributed by atoms with Crippen LogP contribution < -0.4 is 0 Å². The first-order valence-electron chi connectivity index (χ1n) is 6.08. The number of nitrogens with zero attached hydrogens (tertiary/aromatic N) is 1. The molecular weight excluding hydrogens is 198 g/mol. The van der Waals surface area contributed by atoms with Crippen molar-refractivity contribution < 1.29 is 4.74 Å². The molecule has 1 saturated heterocycles.